The van der Waals surface area contributed by atoms with Gasteiger partial charge >= 0.3 is 5.97 Å². The van der Waals surface area contributed by atoms with E-state index in [1.807, 2.05) is 0 Å². The zero-order chi connectivity index (χ0) is 12.5. The molecule has 0 aliphatic rings. The zero-order valence-corrected chi connectivity index (χ0v) is 9.19. The standard InChI is InChI=1S/C12H8N4O2/c17-12(18)8-1-2-11-9(5-8)6-15-16(11)10-3-4-13-14-7-10/h1-7H,(H,17,18). The fourth-order valence-electron chi connectivity index (χ4n) is 1.78. The van der Waals surface area contributed by atoms with E-state index in [1.165, 1.54) is 0 Å². The molecule has 0 aliphatic carbocycles. The highest BCUT2D eigenvalue weighted by Crippen LogP contribution is 2.18. The molecule has 0 radical (unpaired) electrons. The van der Waals surface area contributed by atoms with Gasteiger partial charge in [0.1, 0.15) is 0 Å². The molecule has 0 spiro atoms. The maximum absolute atomic E-state index is 10.9. The van der Waals surface area contributed by atoms with E-state index in [1.54, 1.807) is 47.5 Å². The first-order valence-electron chi connectivity index (χ1n) is 5.24. The van der Waals surface area contributed by atoms with Crippen molar-refractivity contribution in [1.82, 2.24) is 20.0 Å². The maximum Gasteiger partial charge on any atom is 0.335 e. The van der Waals surface area contributed by atoms with Crippen molar-refractivity contribution in [1.29, 1.82) is 0 Å². The lowest BCUT2D eigenvalue weighted by Crippen LogP contribution is -1.98. The van der Waals surface area contributed by atoms with E-state index < -0.39 is 5.97 Å². The minimum absolute atomic E-state index is 0.245. The molecule has 88 valence electrons. The van der Waals surface area contributed by atoms with Crippen molar-refractivity contribution in [3.63, 3.8) is 0 Å². The van der Waals surface area contributed by atoms with E-state index >= 15 is 0 Å². The lowest BCUT2D eigenvalue weighted by atomic mass is 10.1. The number of benzene rings is 1. The largest absolute Gasteiger partial charge is 0.478 e. The van der Waals surface area contributed by atoms with E-state index in [-0.39, 0.29) is 5.56 Å². The van der Waals surface area contributed by atoms with Gasteiger partial charge in [0.25, 0.3) is 0 Å². The highest BCUT2D eigenvalue weighted by atomic mass is 16.4. The maximum atomic E-state index is 10.9. The number of carbonyl (C=O) groups is 1. The van der Waals surface area contributed by atoms with Crippen LogP contribution in [0.5, 0.6) is 0 Å². The van der Waals surface area contributed by atoms with E-state index in [9.17, 15) is 4.79 Å². The minimum Gasteiger partial charge on any atom is -0.478 e. The van der Waals surface area contributed by atoms with Gasteiger partial charge in [-0.05, 0) is 24.3 Å². The molecule has 0 bridgehead atoms. The SMILES string of the molecule is O=C(O)c1ccc2c(cnn2-c2ccnnc2)c1. The van der Waals surface area contributed by atoms with E-state index in [2.05, 4.69) is 15.3 Å². The van der Waals surface area contributed by atoms with Crippen LogP contribution < -0.4 is 0 Å². The molecule has 6 nitrogen and oxygen atoms in total. The van der Waals surface area contributed by atoms with Crippen molar-refractivity contribution in [2.24, 2.45) is 0 Å². The third kappa shape index (κ3) is 1.60. The van der Waals surface area contributed by atoms with Gasteiger partial charge in [-0.2, -0.15) is 15.3 Å². The number of carboxylic acids is 1. The minimum atomic E-state index is -0.949. The number of rotatable bonds is 2. The number of aromatic nitrogens is 4. The normalized spacial score (nSPS) is 10.7. The molecule has 6 heteroatoms. The van der Waals surface area contributed by atoms with Crippen LogP contribution in [0.25, 0.3) is 16.6 Å². The quantitative estimate of drug-likeness (QED) is 0.734. The van der Waals surface area contributed by atoms with Gasteiger partial charge in [-0.3, -0.25) is 0 Å². The van der Waals surface area contributed by atoms with Gasteiger partial charge in [0.05, 0.1) is 35.4 Å². The molecule has 2 aromatic heterocycles. The predicted molar refractivity (Wildman–Crippen MR) is 63.6 cm³/mol. The zero-order valence-electron chi connectivity index (χ0n) is 9.19. The summed E-state index contributed by atoms with van der Waals surface area (Å²) in [5, 5.41) is 21.4. The molecule has 1 N–H and O–H groups in total. The van der Waals surface area contributed by atoms with Crippen LogP contribution >= 0.6 is 0 Å². The summed E-state index contributed by atoms with van der Waals surface area (Å²) in [6, 6.07) is 6.66. The highest BCUT2D eigenvalue weighted by molar-refractivity contribution is 5.93. The molecule has 0 saturated carbocycles. The lowest BCUT2D eigenvalue weighted by molar-refractivity contribution is 0.0697. The average molecular weight is 240 g/mol. The van der Waals surface area contributed by atoms with Gasteiger partial charge in [0, 0.05) is 5.39 Å². The number of carboxylic acid groups (broad SMARTS) is 1. The van der Waals surface area contributed by atoms with Gasteiger partial charge in [-0.25, -0.2) is 9.48 Å². The molecule has 0 atom stereocenters. The second kappa shape index (κ2) is 3.92. The van der Waals surface area contributed by atoms with Crippen molar-refractivity contribution in [3.05, 3.63) is 48.4 Å². The Kier molecular flexibility index (Phi) is 2.26. The van der Waals surface area contributed by atoms with Crippen molar-refractivity contribution in [3.8, 4) is 5.69 Å². The average Bonchev–Trinajstić information content (AvgIpc) is 2.82. The Hall–Kier alpha value is -2.76. The molecule has 18 heavy (non-hydrogen) atoms. The third-order valence-electron chi connectivity index (χ3n) is 2.63. The van der Waals surface area contributed by atoms with Crippen LogP contribution in [0.15, 0.2) is 42.9 Å². The molecule has 0 unspecified atom stereocenters. The fourth-order valence-corrected chi connectivity index (χ4v) is 1.78. The Bertz CT molecular complexity index is 721. The Morgan fingerprint density at radius 1 is 1.17 bits per heavy atom. The Labute approximate surface area is 102 Å². The first-order valence-corrected chi connectivity index (χ1v) is 5.24. The molecule has 0 fully saturated rings. The topological polar surface area (TPSA) is 80.9 Å². The molecule has 3 aromatic rings. The van der Waals surface area contributed by atoms with Crippen LogP contribution in [-0.4, -0.2) is 31.1 Å². The molecule has 1 aromatic carbocycles. The van der Waals surface area contributed by atoms with Crippen molar-refractivity contribution >= 4 is 16.9 Å². The second-order valence-electron chi connectivity index (χ2n) is 3.74. The monoisotopic (exact) mass is 240 g/mol. The van der Waals surface area contributed by atoms with Gasteiger partial charge in [-0.15, -0.1) is 0 Å². The number of aromatic carboxylic acids is 1. The Morgan fingerprint density at radius 3 is 2.78 bits per heavy atom. The van der Waals surface area contributed by atoms with Gasteiger partial charge in [0.2, 0.25) is 0 Å². The molecule has 3 rings (SSSR count). The fraction of sp³-hybridized carbons (Fsp3) is 0. The summed E-state index contributed by atoms with van der Waals surface area (Å²) >= 11 is 0. The third-order valence-corrected chi connectivity index (χ3v) is 2.63. The lowest BCUT2D eigenvalue weighted by Gasteiger charge is -2.02. The molecular formula is C12H8N4O2. The van der Waals surface area contributed by atoms with Crippen LogP contribution in [0, 0.1) is 0 Å². The van der Waals surface area contributed by atoms with Crippen LogP contribution in [0.4, 0.5) is 0 Å². The summed E-state index contributed by atoms with van der Waals surface area (Å²) in [5.74, 6) is -0.949. The van der Waals surface area contributed by atoms with E-state index in [4.69, 9.17) is 5.11 Å². The summed E-state index contributed by atoms with van der Waals surface area (Å²) in [6.07, 6.45) is 4.80. The van der Waals surface area contributed by atoms with E-state index in [0.717, 1.165) is 16.6 Å². The molecule has 0 saturated heterocycles. The van der Waals surface area contributed by atoms with Crippen LogP contribution in [0.2, 0.25) is 0 Å². The summed E-state index contributed by atoms with van der Waals surface area (Å²) in [5.41, 5.74) is 1.85. The van der Waals surface area contributed by atoms with Crippen LogP contribution in [0.1, 0.15) is 10.4 Å². The summed E-state index contributed by atoms with van der Waals surface area (Å²) in [7, 11) is 0. The van der Waals surface area contributed by atoms with Gasteiger partial charge < -0.3 is 5.11 Å². The first kappa shape index (κ1) is 10.4. The second-order valence-corrected chi connectivity index (χ2v) is 3.74. The smallest absolute Gasteiger partial charge is 0.335 e. The Morgan fingerprint density at radius 2 is 2.06 bits per heavy atom. The molecular weight excluding hydrogens is 232 g/mol. The molecule has 0 amide bonds. The van der Waals surface area contributed by atoms with Crippen LogP contribution in [0.3, 0.4) is 0 Å². The van der Waals surface area contributed by atoms with Crippen molar-refractivity contribution < 1.29 is 9.90 Å². The Balaban J connectivity index is 2.19. The van der Waals surface area contributed by atoms with Crippen molar-refractivity contribution in [2.45, 2.75) is 0 Å². The summed E-state index contributed by atoms with van der Waals surface area (Å²) in [6.45, 7) is 0. The molecule has 0 aliphatic heterocycles. The van der Waals surface area contributed by atoms with Gasteiger partial charge in [-0.1, -0.05) is 0 Å². The first-order chi connectivity index (χ1) is 8.75. The molecule has 2 heterocycles. The number of hydrogen-bond acceptors (Lipinski definition) is 4. The highest BCUT2D eigenvalue weighted by Gasteiger charge is 2.08. The predicted octanol–water partition coefficient (Wildman–Crippen LogP) is 1.51. The van der Waals surface area contributed by atoms with Crippen molar-refractivity contribution in [2.75, 3.05) is 0 Å². The number of nitrogens with zero attached hydrogens (tertiary/aromatic N) is 4. The van der Waals surface area contributed by atoms with Crippen LogP contribution in [-0.2, 0) is 0 Å². The van der Waals surface area contributed by atoms with E-state index in [0.29, 0.717) is 0 Å². The summed E-state index contributed by atoms with van der Waals surface area (Å²) in [4.78, 5) is 10.9. The van der Waals surface area contributed by atoms with Gasteiger partial charge in [0.15, 0.2) is 0 Å². The number of fused-ring (bicyclic) bond motifs is 1. The summed E-state index contributed by atoms with van der Waals surface area (Å²) < 4.78 is 1.69. The number of hydrogen-bond donors (Lipinski definition) is 1.